The number of hydrogen-bond donors (Lipinski definition) is 1. The maximum atomic E-state index is 12.5. The summed E-state index contributed by atoms with van der Waals surface area (Å²) >= 11 is 0. The maximum Gasteiger partial charge on any atom is 0.251 e. The molecule has 29 heavy (non-hydrogen) atoms. The predicted octanol–water partition coefficient (Wildman–Crippen LogP) is 3.07. The highest BCUT2D eigenvalue weighted by atomic mass is 16.5. The highest BCUT2D eigenvalue weighted by molar-refractivity contribution is 5.96. The van der Waals surface area contributed by atoms with Gasteiger partial charge in [-0.3, -0.25) is 9.59 Å². The Morgan fingerprint density at radius 3 is 2.45 bits per heavy atom. The zero-order valence-electron chi connectivity index (χ0n) is 17.2. The summed E-state index contributed by atoms with van der Waals surface area (Å²) in [4.78, 5) is 28.9. The van der Waals surface area contributed by atoms with Gasteiger partial charge in [0.15, 0.2) is 0 Å². The van der Waals surface area contributed by atoms with Crippen LogP contribution in [0.5, 0.6) is 5.75 Å². The van der Waals surface area contributed by atoms with Crippen molar-refractivity contribution in [3.05, 3.63) is 59.7 Å². The third kappa shape index (κ3) is 5.50. The van der Waals surface area contributed by atoms with E-state index in [4.69, 9.17) is 4.74 Å². The number of carbonyl (C=O) groups excluding carboxylic acids is 2. The van der Waals surface area contributed by atoms with Crippen molar-refractivity contribution in [2.75, 3.05) is 38.2 Å². The van der Waals surface area contributed by atoms with Crippen molar-refractivity contribution in [3.63, 3.8) is 0 Å². The number of carbonyl (C=O) groups is 2. The van der Waals surface area contributed by atoms with Crippen LogP contribution in [0.15, 0.2) is 48.5 Å². The van der Waals surface area contributed by atoms with Gasteiger partial charge in [0, 0.05) is 37.9 Å². The van der Waals surface area contributed by atoms with Crippen molar-refractivity contribution in [2.24, 2.45) is 0 Å². The van der Waals surface area contributed by atoms with E-state index < -0.39 is 0 Å². The molecular formula is C23H29N3O3. The predicted molar refractivity (Wildman–Crippen MR) is 114 cm³/mol. The van der Waals surface area contributed by atoms with E-state index >= 15 is 0 Å². The second kappa shape index (κ2) is 9.96. The lowest BCUT2D eigenvalue weighted by atomic mass is 10.1. The van der Waals surface area contributed by atoms with Crippen LogP contribution in [-0.4, -0.2) is 50.0 Å². The number of nitrogens with one attached hydrogen (secondary N) is 1. The molecule has 2 amide bonds. The summed E-state index contributed by atoms with van der Waals surface area (Å²) < 4.78 is 5.38. The first kappa shape index (κ1) is 20.7. The quantitative estimate of drug-likeness (QED) is 0.746. The van der Waals surface area contributed by atoms with E-state index in [1.54, 1.807) is 36.2 Å². The molecule has 1 saturated heterocycles. The van der Waals surface area contributed by atoms with Gasteiger partial charge < -0.3 is 19.9 Å². The summed E-state index contributed by atoms with van der Waals surface area (Å²) in [7, 11) is 1.77. The monoisotopic (exact) mass is 395 g/mol. The van der Waals surface area contributed by atoms with Gasteiger partial charge in [-0.1, -0.05) is 18.2 Å². The Morgan fingerprint density at radius 1 is 1.07 bits per heavy atom. The zero-order chi connectivity index (χ0) is 20.6. The average molecular weight is 396 g/mol. The molecule has 1 aliphatic heterocycles. The van der Waals surface area contributed by atoms with Gasteiger partial charge in [-0.25, -0.2) is 0 Å². The average Bonchev–Trinajstić information content (AvgIpc) is 3.27. The molecule has 1 heterocycles. The van der Waals surface area contributed by atoms with E-state index in [1.807, 2.05) is 19.1 Å². The first-order chi connectivity index (χ1) is 14.1. The Morgan fingerprint density at radius 2 is 1.76 bits per heavy atom. The minimum atomic E-state index is -0.271. The summed E-state index contributed by atoms with van der Waals surface area (Å²) in [5.41, 5.74) is 2.83. The van der Waals surface area contributed by atoms with E-state index in [0.29, 0.717) is 18.7 Å². The molecule has 0 spiro atoms. The SMILES string of the molecule is CCOc1ccc(C(=O)NCC(=O)N(C)Cc2ccccc2N2CCCC2)cc1. The van der Waals surface area contributed by atoms with E-state index in [9.17, 15) is 9.59 Å². The van der Waals surface area contributed by atoms with Gasteiger partial charge in [0.1, 0.15) is 5.75 Å². The maximum absolute atomic E-state index is 12.5. The van der Waals surface area contributed by atoms with Crippen LogP contribution in [0.4, 0.5) is 5.69 Å². The first-order valence-corrected chi connectivity index (χ1v) is 10.2. The first-order valence-electron chi connectivity index (χ1n) is 10.2. The second-order valence-electron chi connectivity index (χ2n) is 7.21. The molecule has 1 N–H and O–H groups in total. The number of benzene rings is 2. The molecule has 0 atom stereocenters. The minimum Gasteiger partial charge on any atom is -0.494 e. The highest BCUT2D eigenvalue weighted by Gasteiger charge is 2.18. The molecule has 2 aromatic carbocycles. The molecule has 3 rings (SSSR count). The van der Waals surface area contributed by atoms with Crippen molar-refractivity contribution in [2.45, 2.75) is 26.3 Å². The lowest BCUT2D eigenvalue weighted by molar-refractivity contribution is -0.129. The van der Waals surface area contributed by atoms with Crippen molar-refractivity contribution in [1.29, 1.82) is 0 Å². The Labute approximate surface area is 172 Å². The molecule has 0 bridgehead atoms. The van der Waals surface area contributed by atoms with Crippen LogP contribution in [0.3, 0.4) is 0 Å². The number of likely N-dealkylation sites (N-methyl/N-ethyl adjacent to an activating group) is 1. The molecule has 1 aliphatic rings. The van der Waals surface area contributed by atoms with Crippen molar-refractivity contribution < 1.29 is 14.3 Å². The minimum absolute atomic E-state index is 0.0333. The third-order valence-corrected chi connectivity index (χ3v) is 5.10. The zero-order valence-corrected chi connectivity index (χ0v) is 17.2. The largest absolute Gasteiger partial charge is 0.494 e. The van der Waals surface area contributed by atoms with Crippen LogP contribution in [-0.2, 0) is 11.3 Å². The van der Waals surface area contributed by atoms with Crippen LogP contribution in [0, 0.1) is 0 Å². The second-order valence-corrected chi connectivity index (χ2v) is 7.21. The number of amides is 2. The summed E-state index contributed by atoms with van der Waals surface area (Å²) in [6.07, 6.45) is 2.42. The van der Waals surface area contributed by atoms with Crippen molar-refractivity contribution >= 4 is 17.5 Å². The molecule has 154 valence electrons. The molecule has 0 unspecified atom stereocenters. The fraction of sp³-hybridized carbons (Fsp3) is 0.391. The molecule has 6 nitrogen and oxygen atoms in total. The van der Waals surface area contributed by atoms with Gasteiger partial charge >= 0.3 is 0 Å². The van der Waals surface area contributed by atoms with Gasteiger partial charge in [0.05, 0.1) is 13.2 Å². The van der Waals surface area contributed by atoms with Crippen molar-refractivity contribution in [1.82, 2.24) is 10.2 Å². The van der Waals surface area contributed by atoms with Gasteiger partial charge in [0.2, 0.25) is 5.91 Å². The van der Waals surface area contributed by atoms with Crippen molar-refractivity contribution in [3.8, 4) is 5.75 Å². The number of ether oxygens (including phenoxy) is 1. The molecule has 0 saturated carbocycles. The third-order valence-electron chi connectivity index (χ3n) is 5.10. The summed E-state index contributed by atoms with van der Waals surface area (Å²) in [6, 6.07) is 15.1. The fourth-order valence-electron chi connectivity index (χ4n) is 3.52. The number of nitrogens with zero attached hydrogens (tertiary/aromatic N) is 2. The van der Waals surface area contributed by atoms with Crippen LogP contribution >= 0.6 is 0 Å². The Hall–Kier alpha value is -3.02. The van der Waals surface area contributed by atoms with E-state index in [-0.39, 0.29) is 18.4 Å². The van der Waals surface area contributed by atoms with Gasteiger partial charge in [-0.2, -0.15) is 0 Å². The Bertz CT molecular complexity index is 830. The lowest BCUT2D eigenvalue weighted by Crippen LogP contribution is -2.38. The number of anilines is 1. The smallest absolute Gasteiger partial charge is 0.251 e. The highest BCUT2D eigenvalue weighted by Crippen LogP contribution is 2.25. The van der Waals surface area contributed by atoms with E-state index in [0.717, 1.165) is 24.4 Å². The Balaban J connectivity index is 1.54. The molecule has 0 aliphatic carbocycles. The van der Waals surface area contributed by atoms with Crippen LogP contribution < -0.4 is 15.0 Å². The molecule has 0 aromatic heterocycles. The summed E-state index contributed by atoms with van der Waals surface area (Å²) in [5.74, 6) is 0.323. The van der Waals surface area contributed by atoms with E-state index in [1.165, 1.54) is 18.5 Å². The lowest BCUT2D eigenvalue weighted by Gasteiger charge is -2.24. The standard InChI is InChI=1S/C23H29N3O3/c1-3-29-20-12-10-18(11-13-20)23(28)24-16-22(27)25(2)17-19-8-4-5-9-21(19)26-14-6-7-15-26/h4-5,8-13H,3,6-7,14-17H2,1-2H3,(H,24,28). The van der Waals surface area contributed by atoms with E-state index in [2.05, 4.69) is 22.3 Å². The molecule has 2 aromatic rings. The number of rotatable bonds is 8. The van der Waals surface area contributed by atoms with Crippen LogP contribution in [0.2, 0.25) is 0 Å². The van der Waals surface area contributed by atoms with Gasteiger partial charge in [-0.15, -0.1) is 0 Å². The van der Waals surface area contributed by atoms with Gasteiger partial charge in [0.25, 0.3) is 5.91 Å². The molecule has 6 heteroatoms. The molecular weight excluding hydrogens is 366 g/mol. The van der Waals surface area contributed by atoms with Gasteiger partial charge in [-0.05, 0) is 55.7 Å². The Kier molecular flexibility index (Phi) is 7.11. The summed E-state index contributed by atoms with van der Waals surface area (Å²) in [5, 5.41) is 2.71. The number of hydrogen-bond acceptors (Lipinski definition) is 4. The molecule has 0 radical (unpaired) electrons. The normalized spacial score (nSPS) is 13.2. The fourth-order valence-corrected chi connectivity index (χ4v) is 3.52. The summed E-state index contributed by atoms with van der Waals surface area (Å²) in [6.45, 7) is 5.10. The number of para-hydroxylation sites is 1. The van der Waals surface area contributed by atoms with Crippen LogP contribution in [0.25, 0.3) is 0 Å². The molecule has 1 fully saturated rings. The van der Waals surface area contributed by atoms with Crippen LogP contribution in [0.1, 0.15) is 35.7 Å². The topological polar surface area (TPSA) is 61.9 Å².